The summed E-state index contributed by atoms with van der Waals surface area (Å²) < 4.78 is 11.3. The monoisotopic (exact) mass is 253 g/mol. The summed E-state index contributed by atoms with van der Waals surface area (Å²) in [6, 6.07) is 6.49. The van der Waals surface area contributed by atoms with Crippen LogP contribution in [0.15, 0.2) is 18.2 Å². The standard InChI is InChI=1S/C13H19NO2S/c1-14-11(5-8-17)10-3-4-12-13(9-10)16-7-2-6-15-12/h3-4,9,11,14,17H,2,5-8H2,1H3. The van der Waals surface area contributed by atoms with E-state index < -0.39 is 0 Å². The van der Waals surface area contributed by atoms with Crippen LogP contribution < -0.4 is 14.8 Å². The first kappa shape index (κ1) is 12.6. The zero-order valence-electron chi connectivity index (χ0n) is 10.1. The van der Waals surface area contributed by atoms with E-state index in [1.165, 1.54) is 5.56 Å². The van der Waals surface area contributed by atoms with E-state index in [4.69, 9.17) is 9.47 Å². The van der Waals surface area contributed by atoms with Crippen LogP contribution in [0.2, 0.25) is 0 Å². The predicted octanol–water partition coefficient (Wildman–Crippen LogP) is 2.43. The van der Waals surface area contributed by atoms with Crippen molar-refractivity contribution in [3.05, 3.63) is 23.8 Å². The van der Waals surface area contributed by atoms with Crippen LogP contribution >= 0.6 is 12.6 Å². The summed E-state index contributed by atoms with van der Waals surface area (Å²) in [6.07, 6.45) is 1.94. The highest BCUT2D eigenvalue weighted by atomic mass is 32.1. The van der Waals surface area contributed by atoms with Gasteiger partial charge in [0.25, 0.3) is 0 Å². The molecule has 0 fully saturated rings. The molecular formula is C13H19NO2S. The van der Waals surface area contributed by atoms with Crippen LogP contribution in [0.25, 0.3) is 0 Å². The van der Waals surface area contributed by atoms with E-state index in [2.05, 4.69) is 30.1 Å². The maximum Gasteiger partial charge on any atom is 0.161 e. The summed E-state index contributed by atoms with van der Waals surface area (Å²) in [4.78, 5) is 0. The van der Waals surface area contributed by atoms with E-state index in [9.17, 15) is 0 Å². The molecule has 0 amide bonds. The SMILES string of the molecule is CNC(CCS)c1ccc2c(c1)OCCCO2. The first-order valence-electron chi connectivity index (χ1n) is 6.03. The Balaban J connectivity index is 2.21. The molecule has 0 radical (unpaired) electrons. The highest BCUT2D eigenvalue weighted by molar-refractivity contribution is 7.80. The van der Waals surface area contributed by atoms with Crippen molar-refractivity contribution in [2.45, 2.75) is 18.9 Å². The molecule has 1 aromatic rings. The average molecular weight is 253 g/mol. The molecule has 1 atom stereocenters. The van der Waals surface area contributed by atoms with Gasteiger partial charge in [0, 0.05) is 12.5 Å². The van der Waals surface area contributed by atoms with Gasteiger partial charge in [0.15, 0.2) is 11.5 Å². The van der Waals surface area contributed by atoms with Crippen molar-refractivity contribution in [2.75, 3.05) is 26.0 Å². The van der Waals surface area contributed by atoms with E-state index >= 15 is 0 Å². The number of fused-ring (bicyclic) bond motifs is 1. The second-order valence-electron chi connectivity index (χ2n) is 4.11. The van der Waals surface area contributed by atoms with Gasteiger partial charge >= 0.3 is 0 Å². The minimum atomic E-state index is 0.324. The lowest BCUT2D eigenvalue weighted by Crippen LogP contribution is -2.16. The quantitative estimate of drug-likeness (QED) is 0.808. The average Bonchev–Trinajstić information content (AvgIpc) is 2.60. The number of ether oxygens (including phenoxy) is 2. The van der Waals surface area contributed by atoms with E-state index in [1.54, 1.807) is 0 Å². The van der Waals surface area contributed by atoms with Gasteiger partial charge in [-0.1, -0.05) is 6.07 Å². The Morgan fingerprint density at radius 3 is 2.76 bits per heavy atom. The summed E-state index contributed by atoms with van der Waals surface area (Å²) in [5.74, 6) is 2.58. The third-order valence-corrected chi connectivity index (χ3v) is 3.20. The van der Waals surface area contributed by atoms with Crippen molar-refractivity contribution in [2.24, 2.45) is 0 Å². The zero-order valence-corrected chi connectivity index (χ0v) is 11.0. The molecule has 0 bridgehead atoms. The van der Waals surface area contributed by atoms with Gasteiger partial charge in [0.1, 0.15) is 0 Å². The Kier molecular flexibility index (Phi) is 4.57. The lowest BCUT2D eigenvalue weighted by molar-refractivity contribution is 0.297. The van der Waals surface area contributed by atoms with Gasteiger partial charge in [-0.05, 0) is 36.9 Å². The Morgan fingerprint density at radius 1 is 1.29 bits per heavy atom. The molecule has 0 aliphatic carbocycles. The molecule has 0 spiro atoms. The van der Waals surface area contributed by atoms with Crippen molar-refractivity contribution < 1.29 is 9.47 Å². The van der Waals surface area contributed by atoms with Gasteiger partial charge in [-0.3, -0.25) is 0 Å². The van der Waals surface area contributed by atoms with Crippen LogP contribution in [0, 0.1) is 0 Å². The molecule has 0 saturated carbocycles. The van der Waals surface area contributed by atoms with E-state index in [1.807, 2.05) is 13.1 Å². The highest BCUT2D eigenvalue weighted by Crippen LogP contribution is 2.32. The smallest absolute Gasteiger partial charge is 0.161 e. The van der Waals surface area contributed by atoms with E-state index in [0.29, 0.717) is 6.04 Å². The predicted molar refractivity (Wildman–Crippen MR) is 72.3 cm³/mol. The number of rotatable bonds is 4. The van der Waals surface area contributed by atoms with Crippen LogP contribution in [-0.4, -0.2) is 26.0 Å². The summed E-state index contributed by atoms with van der Waals surface area (Å²) in [7, 11) is 1.97. The van der Waals surface area contributed by atoms with Gasteiger partial charge < -0.3 is 14.8 Å². The van der Waals surface area contributed by atoms with Gasteiger partial charge in [-0.15, -0.1) is 0 Å². The van der Waals surface area contributed by atoms with Crippen LogP contribution in [0.5, 0.6) is 11.5 Å². The van der Waals surface area contributed by atoms with Crippen LogP contribution in [0.3, 0.4) is 0 Å². The van der Waals surface area contributed by atoms with Gasteiger partial charge in [-0.2, -0.15) is 12.6 Å². The lowest BCUT2D eigenvalue weighted by Gasteiger charge is -2.17. The molecule has 2 rings (SSSR count). The van der Waals surface area contributed by atoms with E-state index in [0.717, 1.165) is 43.3 Å². The molecule has 1 unspecified atom stereocenters. The minimum Gasteiger partial charge on any atom is -0.490 e. The maximum atomic E-state index is 5.69. The van der Waals surface area contributed by atoms with E-state index in [-0.39, 0.29) is 0 Å². The molecule has 1 aliphatic rings. The molecular weight excluding hydrogens is 234 g/mol. The fourth-order valence-corrected chi connectivity index (χ4v) is 2.26. The minimum absolute atomic E-state index is 0.324. The lowest BCUT2D eigenvalue weighted by atomic mass is 10.0. The Morgan fingerprint density at radius 2 is 2.06 bits per heavy atom. The summed E-state index contributed by atoms with van der Waals surface area (Å²) in [5, 5.41) is 3.30. The van der Waals surface area contributed by atoms with Crippen molar-refractivity contribution in [1.82, 2.24) is 5.32 Å². The molecule has 1 aliphatic heterocycles. The number of nitrogens with one attached hydrogen (secondary N) is 1. The van der Waals surface area contributed by atoms with Gasteiger partial charge in [-0.25, -0.2) is 0 Å². The summed E-state index contributed by atoms with van der Waals surface area (Å²) in [5.41, 5.74) is 1.23. The van der Waals surface area contributed by atoms with Crippen LogP contribution in [0.4, 0.5) is 0 Å². The third kappa shape index (κ3) is 3.07. The maximum absolute atomic E-state index is 5.69. The molecule has 17 heavy (non-hydrogen) atoms. The topological polar surface area (TPSA) is 30.5 Å². The van der Waals surface area contributed by atoms with Crippen LogP contribution in [0.1, 0.15) is 24.4 Å². The fraction of sp³-hybridized carbons (Fsp3) is 0.538. The second kappa shape index (κ2) is 6.17. The summed E-state index contributed by atoms with van der Waals surface area (Å²) in [6.45, 7) is 1.46. The molecule has 0 aromatic heterocycles. The van der Waals surface area contributed by atoms with Gasteiger partial charge in [0.05, 0.1) is 13.2 Å². The van der Waals surface area contributed by atoms with Crippen molar-refractivity contribution in [3.8, 4) is 11.5 Å². The van der Waals surface area contributed by atoms with Crippen molar-refractivity contribution in [3.63, 3.8) is 0 Å². The largest absolute Gasteiger partial charge is 0.490 e. The molecule has 94 valence electrons. The normalized spacial score (nSPS) is 16.4. The van der Waals surface area contributed by atoms with Crippen LogP contribution in [-0.2, 0) is 0 Å². The van der Waals surface area contributed by atoms with Gasteiger partial charge in [0.2, 0.25) is 0 Å². The number of benzene rings is 1. The number of hydrogen-bond acceptors (Lipinski definition) is 4. The second-order valence-corrected chi connectivity index (χ2v) is 4.56. The fourth-order valence-electron chi connectivity index (χ4n) is 2.00. The Hall–Kier alpha value is -0.870. The molecule has 1 heterocycles. The molecule has 0 saturated heterocycles. The highest BCUT2D eigenvalue weighted by Gasteiger charge is 2.14. The third-order valence-electron chi connectivity index (χ3n) is 2.94. The first-order valence-corrected chi connectivity index (χ1v) is 6.66. The van der Waals surface area contributed by atoms with Crippen molar-refractivity contribution >= 4 is 12.6 Å². The molecule has 3 nitrogen and oxygen atoms in total. The molecule has 1 aromatic carbocycles. The number of hydrogen-bond donors (Lipinski definition) is 2. The number of thiol groups is 1. The zero-order chi connectivity index (χ0) is 12.1. The Bertz CT molecular complexity index is 370. The molecule has 4 heteroatoms. The molecule has 1 N–H and O–H groups in total. The first-order chi connectivity index (χ1) is 8.35. The Labute approximate surface area is 108 Å². The van der Waals surface area contributed by atoms with Crippen molar-refractivity contribution in [1.29, 1.82) is 0 Å². The summed E-state index contributed by atoms with van der Waals surface area (Å²) >= 11 is 4.28.